The molecule has 1 aromatic carbocycles. The largest absolute Gasteiger partial charge is 0.486 e. The number of ether oxygens (including phenoxy) is 1. The van der Waals surface area contributed by atoms with Gasteiger partial charge in [-0.3, -0.25) is 0 Å². The van der Waals surface area contributed by atoms with Crippen molar-refractivity contribution >= 4 is 17.6 Å². The van der Waals surface area contributed by atoms with Gasteiger partial charge in [-0.2, -0.15) is 0 Å². The number of rotatable bonds is 3. The maximum Gasteiger partial charge on any atom is 0.339 e. The Morgan fingerprint density at radius 1 is 1.56 bits per heavy atom. The number of benzene rings is 1. The lowest BCUT2D eigenvalue weighted by atomic mass is 10.0. The summed E-state index contributed by atoms with van der Waals surface area (Å²) in [7, 11) is 0. The molecular weight excluding hydrogens is 256 g/mol. The summed E-state index contributed by atoms with van der Waals surface area (Å²) < 4.78 is 5.65. The standard InChI is InChI=1S/C13H15ClO4/c1-13(17)6-2-3-11(13)18-10-7-8(14)4-5-9(10)12(15)16/h4-5,7,11,17H,2-3,6H2,1H3,(H,15,16). The van der Waals surface area contributed by atoms with E-state index in [4.69, 9.17) is 21.4 Å². The van der Waals surface area contributed by atoms with Gasteiger partial charge < -0.3 is 14.9 Å². The first-order chi connectivity index (χ1) is 8.40. The third-order valence-electron chi connectivity index (χ3n) is 3.29. The van der Waals surface area contributed by atoms with Crippen molar-refractivity contribution in [3.8, 4) is 5.75 Å². The number of carboxylic acid groups (broad SMARTS) is 1. The normalized spacial score (nSPS) is 27.2. The average molecular weight is 271 g/mol. The van der Waals surface area contributed by atoms with Gasteiger partial charge in [0.1, 0.15) is 17.4 Å². The molecule has 0 spiro atoms. The Morgan fingerprint density at radius 2 is 2.28 bits per heavy atom. The zero-order valence-corrected chi connectivity index (χ0v) is 10.8. The summed E-state index contributed by atoms with van der Waals surface area (Å²) in [5, 5.41) is 19.6. The minimum Gasteiger partial charge on any atom is -0.486 e. The lowest BCUT2D eigenvalue weighted by molar-refractivity contribution is -0.0256. The highest BCUT2D eigenvalue weighted by Gasteiger charge is 2.39. The molecule has 18 heavy (non-hydrogen) atoms. The highest BCUT2D eigenvalue weighted by atomic mass is 35.5. The molecule has 1 aromatic rings. The van der Waals surface area contributed by atoms with Gasteiger partial charge in [-0.25, -0.2) is 4.79 Å². The van der Waals surface area contributed by atoms with Crippen LogP contribution in [0.4, 0.5) is 0 Å². The summed E-state index contributed by atoms with van der Waals surface area (Å²) in [6.07, 6.45) is 1.83. The van der Waals surface area contributed by atoms with Crippen LogP contribution in [0.2, 0.25) is 5.02 Å². The van der Waals surface area contributed by atoms with E-state index in [9.17, 15) is 9.90 Å². The fourth-order valence-electron chi connectivity index (χ4n) is 2.23. The average Bonchev–Trinajstić information content (AvgIpc) is 2.58. The molecule has 0 radical (unpaired) electrons. The molecule has 2 atom stereocenters. The fraction of sp³-hybridized carbons (Fsp3) is 0.462. The molecule has 0 saturated heterocycles. The smallest absolute Gasteiger partial charge is 0.339 e. The van der Waals surface area contributed by atoms with Gasteiger partial charge in [-0.1, -0.05) is 11.6 Å². The fourth-order valence-corrected chi connectivity index (χ4v) is 2.39. The molecule has 2 unspecified atom stereocenters. The van der Waals surface area contributed by atoms with Crippen LogP contribution in [0.5, 0.6) is 5.75 Å². The minimum absolute atomic E-state index is 0.0575. The van der Waals surface area contributed by atoms with E-state index >= 15 is 0 Å². The van der Waals surface area contributed by atoms with E-state index < -0.39 is 17.7 Å². The number of aromatic carboxylic acids is 1. The van der Waals surface area contributed by atoms with Gasteiger partial charge in [0, 0.05) is 5.02 Å². The van der Waals surface area contributed by atoms with E-state index in [-0.39, 0.29) is 11.3 Å². The molecule has 1 aliphatic carbocycles. The molecule has 0 amide bonds. The molecule has 0 bridgehead atoms. The maximum atomic E-state index is 11.1. The topological polar surface area (TPSA) is 66.8 Å². The lowest BCUT2D eigenvalue weighted by Gasteiger charge is -2.26. The van der Waals surface area contributed by atoms with Crippen LogP contribution in [0.1, 0.15) is 36.5 Å². The van der Waals surface area contributed by atoms with Crippen molar-refractivity contribution in [2.45, 2.75) is 37.9 Å². The van der Waals surface area contributed by atoms with Gasteiger partial charge in [0.15, 0.2) is 0 Å². The van der Waals surface area contributed by atoms with Crippen molar-refractivity contribution in [3.63, 3.8) is 0 Å². The van der Waals surface area contributed by atoms with Crippen molar-refractivity contribution < 1.29 is 19.7 Å². The van der Waals surface area contributed by atoms with E-state index in [1.807, 2.05) is 0 Å². The molecule has 4 nitrogen and oxygen atoms in total. The third-order valence-corrected chi connectivity index (χ3v) is 3.52. The molecule has 1 fully saturated rings. The van der Waals surface area contributed by atoms with Gasteiger partial charge in [-0.15, -0.1) is 0 Å². The molecule has 1 aliphatic rings. The maximum absolute atomic E-state index is 11.1. The molecule has 5 heteroatoms. The number of hydrogen-bond acceptors (Lipinski definition) is 3. The summed E-state index contributed by atoms with van der Waals surface area (Å²) in [5.74, 6) is -0.860. The molecule has 1 saturated carbocycles. The van der Waals surface area contributed by atoms with Crippen molar-refractivity contribution in [2.24, 2.45) is 0 Å². The van der Waals surface area contributed by atoms with Crippen molar-refractivity contribution in [1.82, 2.24) is 0 Å². The Kier molecular flexibility index (Phi) is 3.50. The highest BCUT2D eigenvalue weighted by Crippen LogP contribution is 2.34. The van der Waals surface area contributed by atoms with Crippen LogP contribution in [0, 0.1) is 0 Å². The van der Waals surface area contributed by atoms with E-state index in [1.54, 1.807) is 6.92 Å². The van der Waals surface area contributed by atoms with Crippen LogP contribution in [0.15, 0.2) is 18.2 Å². The van der Waals surface area contributed by atoms with Crippen LogP contribution in [0.25, 0.3) is 0 Å². The number of hydrogen-bond donors (Lipinski definition) is 2. The second-order valence-corrected chi connectivity index (χ2v) is 5.24. The molecule has 2 N–H and O–H groups in total. The molecule has 98 valence electrons. The van der Waals surface area contributed by atoms with Gasteiger partial charge in [0.2, 0.25) is 0 Å². The highest BCUT2D eigenvalue weighted by molar-refractivity contribution is 6.30. The van der Waals surface area contributed by atoms with Crippen LogP contribution in [-0.4, -0.2) is 27.9 Å². The van der Waals surface area contributed by atoms with E-state index in [0.717, 1.165) is 6.42 Å². The van der Waals surface area contributed by atoms with Gasteiger partial charge >= 0.3 is 5.97 Å². The zero-order chi connectivity index (χ0) is 13.3. The van der Waals surface area contributed by atoms with E-state index in [0.29, 0.717) is 17.9 Å². The summed E-state index contributed by atoms with van der Waals surface area (Å²) in [5.41, 5.74) is -0.861. The first-order valence-corrected chi connectivity index (χ1v) is 6.20. The molecular formula is C13H15ClO4. The Balaban J connectivity index is 2.28. The summed E-state index contributed by atoms with van der Waals surface area (Å²) >= 11 is 5.84. The Hall–Kier alpha value is -1.26. The van der Waals surface area contributed by atoms with Crippen LogP contribution in [0.3, 0.4) is 0 Å². The lowest BCUT2D eigenvalue weighted by Crippen LogP contribution is -2.38. The van der Waals surface area contributed by atoms with Crippen molar-refractivity contribution in [3.05, 3.63) is 28.8 Å². The van der Waals surface area contributed by atoms with Crippen molar-refractivity contribution in [1.29, 1.82) is 0 Å². The Bertz CT molecular complexity index is 470. The molecule has 0 aromatic heterocycles. The van der Waals surface area contributed by atoms with Crippen LogP contribution in [-0.2, 0) is 0 Å². The first-order valence-electron chi connectivity index (χ1n) is 5.82. The van der Waals surface area contributed by atoms with E-state index in [1.165, 1.54) is 18.2 Å². The summed E-state index contributed by atoms with van der Waals surface area (Å²) in [6, 6.07) is 4.38. The van der Waals surface area contributed by atoms with Gasteiger partial charge in [0.25, 0.3) is 0 Å². The zero-order valence-electron chi connectivity index (χ0n) is 10.0. The third kappa shape index (κ3) is 2.60. The predicted octanol–water partition coefficient (Wildman–Crippen LogP) is 2.72. The van der Waals surface area contributed by atoms with Gasteiger partial charge in [0.05, 0.1) is 5.60 Å². The minimum atomic E-state index is -1.07. The van der Waals surface area contributed by atoms with E-state index in [2.05, 4.69) is 0 Å². The van der Waals surface area contributed by atoms with Crippen molar-refractivity contribution in [2.75, 3.05) is 0 Å². The number of carbonyl (C=O) groups is 1. The summed E-state index contributed by atoms with van der Waals surface area (Å²) in [4.78, 5) is 11.1. The number of halogens is 1. The monoisotopic (exact) mass is 270 g/mol. The summed E-state index contributed by atoms with van der Waals surface area (Å²) in [6.45, 7) is 1.70. The molecule has 0 heterocycles. The quantitative estimate of drug-likeness (QED) is 0.886. The Morgan fingerprint density at radius 3 is 2.83 bits per heavy atom. The Labute approximate surface area is 110 Å². The predicted molar refractivity (Wildman–Crippen MR) is 67.3 cm³/mol. The SMILES string of the molecule is CC1(O)CCCC1Oc1cc(Cl)ccc1C(=O)O. The van der Waals surface area contributed by atoms with Gasteiger partial charge in [-0.05, 0) is 44.4 Å². The second kappa shape index (κ2) is 4.78. The van der Waals surface area contributed by atoms with Crippen LogP contribution >= 0.6 is 11.6 Å². The van der Waals surface area contributed by atoms with Crippen LogP contribution < -0.4 is 4.74 Å². The second-order valence-electron chi connectivity index (χ2n) is 4.80. The number of carboxylic acids is 1. The molecule has 0 aliphatic heterocycles. The number of aliphatic hydroxyl groups is 1. The molecule has 2 rings (SSSR count). The first kappa shape index (κ1) is 13.2.